The lowest BCUT2D eigenvalue weighted by molar-refractivity contribution is 0.251. The van der Waals surface area contributed by atoms with Gasteiger partial charge in [0.2, 0.25) is 0 Å². The van der Waals surface area contributed by atoms with Crippen molar-refractivity contribution in [3.8, 4) is 5.75 Å². The number of hydrogen-bond donors (Lipinski definition) is 2. The highest BCUT2D eigenvalue weighted by Crippen LogP contribution is 2.27. The summed E-state index contributed by atoms with van der Waals surface area (Å²) in [7, 11) is 1.60. The summed E-state index contributed by atoms with van der Waals surface area (Å²) in [6.07, 6.45) is 0. The van der Waals surface area contributed by atoms with Crippen molar-refractivity contribution in [3.05, 3.63) is 28.3 Å². The third-order valence-corrected chi connectivity index (χ3v) is 2.82. The van der Waals surface area contributed by atoms with Gasteiger partial charge in [-0.1, -0.05) is 11.6 Å². The van der Waals surface area contributed by atoms with Crippen LogP contribution in [0.2, 0.25) is 5.02 Å². The molecule has 0 bridgehead atoms. The monoisotopic (exact) mass is 243 g/mol. The molecule has 2 N–H and O–H groups in total. The number of aliphatic hydroxyl groups is 1. The van der Waals surface area contributed by atoms with Gasteiger partial charge < -0.3 is 15.2 Å². The number of nitrogens with one attached hydrogen (secondary N) is 1. The molecule has 1 rings (SSSR count). The number of methoxy groups -OCH3 is 1. The fraction of sp³-hybridized carbons (Fsp3) is 0.500. The van der Waals surface area contributed by atoms with Crippen LogP contribution in [0.4, 0.5) is 0 Å². The van der Waals surface area contributed by atoms with Crippen LogP contribution in [0.3, 0.4) is 0 Å². The Hall–Kier alpha value is -0.770. The van der Waals surface area contributed by atoms with Crippen molar-refractivity contribution in [2.75, 3.05) is 13.7 Å². The van der Waals surface area contributed by atoms with Crippen LogP contribution in [-0.4, -0.2) is 24.9 Å². The van der Waals surface area contributed by atoms with Crippen LogP contribution in [0.25, 0.3) is 0 Å². The molecular formula is C12H18ClNO2. The second-order valence-corrected chi connectivity index (χ2v) is 4.28. The molecule has 0 heterocycles. The van der Waals surface area contributed by atoms with Crippen LogP contribution in [0.5, 0.6) is 5.75 Å². The number of rotatable bonds is 5. The quantitative estimate of drug-likeness (QED) is 0.833. The van der Waals surface area contributed by atoms with Crippen molar-refractivity contribution in [1.29, 1.82) is 0 Å². The number of aryl methyl sites for hydroxylation is 1. The van der Waals surface area contributed by atoms with Crippen molar-refractivity contribution >= 4 is 11.6 Å². The fourth-order valence-corrected chi connectivity index (χ4v) is 1.66. The van der Waals surface area contributed by atoms with Gasteiger partial charge in [0.1, 0.15) is 5.75 Å². The highest BCUT2D eigenvalue weighted by atomic mass is 35.5. The molecule has 1 aromatic carbocycles. The van der Waals surface area contributed by atoms with E-state index in [-0.39, 0.29) is 12.6 Å². The molecule has 0 saturated heterocycles. The van der Waals surface area contributed by atoms with Crippen molar-refractivity contribution in [1.82, 2.24) is 5.32 Å². The highest BCUT2D eigenvalue weighted by molar-refractivity contribution is 6.32. The van der Waals surface area contributed by atoms with Gasteiger partial charge in [-0.2, -0.15) is 0 Å². The molecule has 0 fully saturated rings. The zero-order valence-electron chi connectivity index (χ0n) is 9.88. The Labute approximate surface area is 101 Å². The average molecular weight is 244 g/mol. The Morgan fingerprint density at radius 3 is 2.75 bits per heavy atom. The molecule has 0 spiro atoms. The standard InChI is InChI=1S/C12H18ClNO2/c1-8-4-12(16-3)11(13)5-10(8)6-14-9(2)7-15/h4-5,9,14-15H,6-7H2,1-3H3. The Bertz CT molecular complexity index is 355. The minimum Gasteiger partial charge on any atom is -0.495 e. The van der Waals surface area contributed by atoms with Crippen molar-refractivity contribution in [2.45, 2.75) is 26.4 Å². The van der Waals surface area contributed by atoms with E-state index in [4.69, 9.17) is 21.4 Å². The van der Waals surface area contributed by atoms with Crippen LogP contribution in [0.15, 0.2) is 12.1 Å². The van der Waals surface area contributed by atoms with Gasteiger partial charge in [0.05, 0.1) is 18.7 Å². The number of benzene rings is 1. The molecule has 1 atom stereocenters. The molecule has 1 aromatic rings. The summed E-state index contributed by atoms with van der Waals surface area (Å²) in [5.41, 5.74) is 2.24. The number of halogens is 1. The van der Waals surface area contributed by atoms with E-state index in [9.17, 15) is 0 Å². The summed E-state index contributed by atoms with van der Waals surface area (Å²) in [4.78, 5) is 0. The molecule has 1 unspecified atom stereocenters. The smallest absolute Gasteiger partial charge is 0.137 e. The van der Waals surface area contributed by atoms with Crippen LogP contribution in [0, 0.1) is 6.92 Å². The molecule has 0 amide bonds. The molecule has 0 aliphatic heterocycles. The first-order valence-electron chi connectivity index (χ1n) is 5.25. The van der Waals surface area contributed by atoms with Crippen LogP contribution in [-0.2, 0) is 6.54 Å². The Balaban J connectivity index is 2.77. The van der Waals surface area contributed by atoms with E-state index in [2.05, 4.69) is 5.32 Å². The van der Waals surface area contributed by atoms with Gasteiger partial charge in [-0.25, -0.2) is 0 Å². The SMILES string of the molecule is COc1cc(C)c(CNC(C)CO)cc1Cl. The third-order valence-electron chi connectivity index (χ3n) is 2.53. The molecule has 0 saturated carbocycles. The first-order valence-corrected chi connectivity index (χ1v) is 5.63. The van der Waals surface area contributed by atoms with E-state index in [0.29, 0.717) is 17.3 Å². The van der Waals surface area contributed by atoms with Crippen molar-refractivity contribution in [3.63, 3.8) is 0 Å². The van der Waals surface area contributed by atoms with E-state index in [0.717, 1.165) is 11.1 Å². The van der Waals surface area contributed by atoms with Crippen LogP contribution >= 0.6 is 11.6 Å². The molecule has 16 heavy (non-hydrogen) atoms. The minimum atomic E-state index is 0.0836. The van der Waals surface area contributed by atoms with Crippen molar-refractivity contribution in [2.24, 2.45) is 0 Å². The van der Waals surface area contributed by atoms with Gasteiger partial charge in [-0.3, -0.25) is 0 Å². The lowest BCUT2D eigenvalue weighted by Crippen LogP contribution is -2.28. The zero-order chi connectivity index (χ0) is 12.1. The normalized spacial score (nSPS) is 12.6. The van der Waals surface area contributed by atoms with Gasteiger partial charge in [-0.15, -0.1) is 0 Å². The first-order chi connectivity index (χ1) is 7.58. The maximum atomic E-state index is 8.91. The highest BCUT2D eigenvalue weighted by Gasteiger charge is 2.07. The van der Waals surface area contributed by atoms with Gasteiger partial charge in [-0.05, 0) is 37.1 Å². The maximum Gasteiger partial charge on any atom is 0.137 e. The molecule has 0 aliphatic carbocycles. The number of aliphatic hydroxyl groups excluding tert-OH is 1. The average Bonchev–Trinajstić information content (AvgIpc) is 2.29. The molecule has 3 nitrogen and oxygen atoms in total. The van der Waals surface area contributed by atoms with E-state index in [1.54, 1.807) is 7.11 Å². The number of hydrogen-bond acceptors (Lipinski definition) is 3. The van der Waals surface area contributed by atoms with Crippen LogP contribution in [0.1, 0.15) is 18.1 Å². The fourth-order valence-electron chi connectivity index (χ4n) is 1.39. The second-order valence-electron chi connectivity index (χ2n) is 3.88. The van der Waals surface area contributed by atoms with E-state index >= 15 is 0 Å². The number of ether oxygens (including phenoxy) is 1. The predicted molar refractivity (Wildman–Crippen MR) is 66.1 cm³/mol. The topological polar surface area (TPSA) is 41.5 Å². The largest absolute Gasteiger partial charge is 0.495 e. The van der Waals surface area contributed by atoms with E-state index in [1.165, 1.54) is 0 Å². The Kier molecular flexibility index (Phi) is 5.06. The summed E-state index contributed by atoms with van der Waals surface area (Å²) >= 11 is 6.05. The summed E-state index contributed by atoms with van der Waals surface area (Å²) in [6.45, 7) is 4.76. The first kappa shape index (κ1) is 13.3. The molecule has 4 heteroatoms. The Morgan fingerprint density at radius 2 is 2.19 bits per heavy atom. The zero-order valence-corrected chi connectivity index (χ0v) is 10.6. The van der Waals surface area contributed by atoms with Gasteiger partial charge in [0.25, 0.3) is 0 Å². The molecular weight excluding hydrogens is 226 g/mol. The van der Waals surface area contributed by atoms with Gasteiger partial charge in [0, 0.05) is 12.6 Å². The molecule has 0 radical (unpaired) electrons. The van der Waals surface area contributed by atoms with Gasteiger partial charge >= 0.3 is 0 Å². The summed E-state index contributed by atoms with van der Waals surface area (Å²) < 4.78 is 5.14. The van der Waals surface area contributed by atoms with E-state index < -0.39 is 0 Å². The predicted octanol–water partition coefficient (Wildman–Crippen LogP) is 2.13. The molecule has 0 aliphatic rings. The lowest BCUT2D eigenvalue weighted by Gasteiger charge is -2.14. The molecule has 0 aromatic heterocycles. The lowest BCUT2D eigenvalue weighted by atomic mass is 10.1. The van der Waals surface area contributed by atoms with Gasteiger partial charge in [0.15, 0.2) is 0 Å². The maximum absolute atomic E-state index is 8.91. The van der Waals surface area contributed by atoms with Crippen molar-refractivity contribution < 1.29 is 9.84 Å². The van der Waals surface area contributed by atoms with E-state index in [1.807, 2.05) is 26.0 Å². The minimum absolute atomic E-state index is 0.0836. The van der Waals surface area contributed by atoms with Crippen LogP contribution < -0.4 is 10.1 Å². The summed E-state index contributed by atoms with van der Waals surface area (Å²) in [5.74, 6) is 0.693. The molecule has 90 valence electrons. The second kappa shape index (κ2) is 6.09. The summed E-state index contributed by atoms with van der Waals surface area (Å²) in [5, 5.41) is 12.7. The Morgan fingerprint density at radius 1 is 1.50 bits per heavy atom. The third kappa shape index (κ3) is 3.37. The summed E-state index contributed by atoms with van der Waals surface area (Å²) in [6, 6.07) is 3.90.